The fourth-order valence-electron chi connectivity index (χ4n) is 1.19. The molecule has 3 amide bonds. The van der Waals surface area contributed by atoms with Crippen molar-refractivity contribution in [3.8, 4) is 0 Å². The Morgan fingerprint density at radius 2 is 2.31 bits per heavy atom. The van der Waals surface area contributed by atoms with Gasteiger partial charge in [-0.3, -0.25) is 4.79 Å². The minimum absolute atomic E-state index is 0.0820. The fourth-order valence-corrected chi connectivity index (χ4v) is 1.19. The second kappa shape index (κ2) is 4.11. The minimum atomic E-state index is -0.358. The van der Waals surface area contributed by atoms with Gasteiger partial charge in [0.05, 0.1) is 0 Å². The lowest BCUT2D eigenvalue weighted by molar-refractivity contribution is -0.124. The quantitative estimate of drug-likeness (QED) is 0.580. The van der Waals surface area contributed by atoms with E-state index >= 15 is 0 Å². The molecule has 0 bridgehead atoms. The molecule has 5 nitrogen and oxygen atoms in total. The van der Waals surface area contributed by atoms with Crippen LogP contribution in [0.2, 0.25) is 0 Å². The van der Waals surface area contributed by atoms with Crippen LogP contribution in [0.3, 0.4) is 0 Å². The Kier molecular flexibility index (Phi) is 3.11. The number of carbonyl (C=O) groups excluding carboxylic acids is 2. The third-order valence-electron chi connectivity index (χ3n) is 1.99. The average Bonchev–Trinajstić information content (AvgIpc) is 2.08. The molecule has 1 rings (SSSR count). The number of hydrogen-bond donors (Lipinski definition) is 2. The molecule has 1 heterocycles. The van der Waals surface area contributed by atoms with Gasteiger partial charge in [0.2, 0.25) is 5.91 Å². The van der Waals surface area contributed by atoms with Crippen LogP contribution in [-0.2, 0) is 4.79 Å². The Labute approximate surface area is 77.5 Å². The van der Waals surface area contributed by atoms with Crippen molar-refractivity contribution < 1.29 is 9.59 Å². The summed E-state index contributed by atoms with van der Waals surface area (Å²) >= 11 is 0. The second-order valence-corrected chi connectivity index (χ2v) is 3.33. The van der Waals surface area contributed by atoms with Crippen molar-refractivity contribution in [2.45, 2.75) is 18.9 Å². The lowest BCUT2D eigenvalue weighted by atomic mass is 10.1. The maximum Gasteiger partial charge on any atom is 0.317 e. The van der Waals surface area contributed by atoms with Crippen molar-refractivity contribution >= 4 is 11.9 Å². The van der Waals surface area contributed by atoms with Crippen LogP contribution in [0, 0.1) is 0 Å². The Hall–Kier alpha value is -1.26. The highest BCUT2D eigenvalue weighted by Crippen LogP contribution is 2.02. The Balaban J connectivity index is 2.43. The summed E-state index contributed by atoms with van der Waals surface area (Å²) in [7, 11) is 3.30. The molecule has 2 N–H and O–H groups in total. The van der Waals surface area contributed by atoms with Gasteiger partial charge in [-0.2, -0.15) is 0 Å². The van der Waals surface area contributed by atoms with Gasteiger partial charge < -0.3 is 15.5 Å². The highest BCUT2D eigenvalue weighted by atomic mass is 16.2. The third kappa shape index (κ3) is 2.61. The number of piperidine rings is 1. The molecule has 5 heteroatoms. The third-order valence-corrected chi connectivity index (χ3v) is 1.99. The van der Waals surface area contributed by atoms with E-state index in [0.29, 0.717) is 6.54 Å². The first-order chi connectivity index (χ1) is 6.11. The average molecular weight is 185 g/mol. The molecule has 0 aromatic rings. The molecule has 1 unspecified atom stereocenters. The number of amides is 3. The van der Waals surface area contributed by atoms with Gasteiger partial charge in [-0.25, -0.2) is 4.79 Å². The molecule has 0 aliphatic carbocycles. The van der Waals surface area contributed by atoms with Gasteiger partial charge in [0.15, 0.2) is 0 Å². The van der Waals surface area contributed by atoms with E-state index in [4.69, 9.17) is 0 Å². The summed E-state index contributed by atoms with van der Waals surface area (Å²) < 4.78 is 0. The van der Waals surface area contributed by atoms with Crippen LogP contribution in [0.1, 0.15) is 12.8 Å². The first-order valence-corrected chi connectivity index (χ1v) is 4.37. The molecule has 1 aliphatic rings. The molecule has 0 spiro atoms. The number of nitrogens with zero attached hydrogens (tertiary/aromatic N) is 1. The molecule has 74 valence electrons. The van der Waals surface area contributed by atoms with Crippen molar-refractivity contribution in [3.05, 3.63) is 0 Å². The van der Waals surface area contributed by atoms with Crippen LogP contribution >= 0.6 is 0 Å². The van der Waals surface area contributed by atoms with Gasteiger partial charge >= 0.3 is 6.03 Å². The normalized spacial score (nSPS) is 22.0. The molecular weight excluding hydrogens is 170 g/mol. The van der Waals surface area contributed by atoms with Crippen molar-refractivity contribution in [2.24, 2.45) is 0 Å². The number of nitrogens with one attached hydrogen (secondary N) is 2. The highest BCUT2D eigenvalue weighted by molar-refractivity contribution is 5.87. The van der Waals surface area contributed by atoms with Crippen LogP contribution in [0.15, 0.2) is 0 Å². The number of urea groups is 1. The SMILES string of the molecule is CN(C)C(=O)NC1CCCNC1=O. The molecular formula is C8H15N3O2. The summed E-state index contributed by atoms with van der Waals surface area (Å²) in [4.78, 5) is 23.8. The number of rotatable bonds is 1. The summed E-state index contributed by atoms with van der Waals surface area (Å²) in [6.07, 6.45) is 1.65. The Morgan fingerprint density at radius 3 is 2.85 bits per heavy atom. The molecule has 1 fully saturated rings. The van der Waals surface area contributed by atoms with Crippen molar-refractivity contribution in [2.75, 3.05) is 20.6 Å². The first kappa shape index (κ1) is 9.83. The molecule has 1 aliphatic heterocycles. The number of carbonyl (C=O) groups is 2. The molecule has 1 atom stereocenters. The van der Waals surface area contributed by atoms with E-state index in [1.165, 1.54) is 4.90 Å². The topological polar surface area (TPSA) is 61.4 Å². The summed E-state index contributed by atoms with van der Waals surface area (Å²) in [5.74, 6) is -0.0820. The fraction of sp³-hybridized carbons (Fsp3) is 0.750. The zero-order valence-corrected chi connectivity index (χ0v) is 7.96. The summed E-state index contributed by atoms with van der Waals surface area (Å²) in [6, 6.07) is -0.578. The van der Waals surface area contributed by atoms with Crippen molar-refractivity contribution in [1.82, 2.24) is 15.5 Å². The monoisotopic (exact) mass is 185 g/mol. The number of hydrogen-bond acceptors (Lipinski definition) is 2. The van der Waals surface area contributed by atoms with Gasteiger partial charge in [0.25, 0.3) is 0 Å². The highest BCUT2D eigenvalue weighted by Gasteiger charge is 2.23. The van der Waals surface area contributed by atoms with Gasteiger partial charge in [-0.15, -0.1) is 0 Å². The van der Waals surface area contributed by atoms with E-state index in [9.17, 15) is 9.59 Å². The van der Waals surface area contributed by atoms with Gasteiger partial charge in [-0.05, 0) is 12.8 Å². The van der Waals surface area contributed by atoms with Gasteiger partial charge in [0, 0.05) is 20.6 Å². The van der Waals surface area contributed by atoms with Crippen LogP contribution in [-0.4, -0.2) is 43.5 Å². The van der Waals surface area contributed by atoms with Crippen LogP contribution < -0.4 is 10.6 Å². The molecule has 1 saturated heterocycles. The van der Waals surface area contributed by atoms with Crippen LogP contribution in [0.4, 0.5) is 4.79 Å². The first-order valence-electron chi connectivity index (χ1n) is 4.37. The van der Waals surface area contributed by atoms with Gasteiger partial charge in [-0.1, -0.05) is 0 Å². The standard InChI is InChI=1S/C8H15N3O2/c1-11(2)8(13)10-6-4-3-5-9-7(6)12/h6H,3-5H2,1-2H3,(H,9,12)(H,10,13). The van der Waals surface area contributed by atoms with Crippen molar-refractivity contribution in [1.29, 1.82) is 0 Å². The molecule has 0 radical (unpaired) electrons. The second-order valence-electron chi connectivity index (χ2n) is 3.33. The van der Waals surface area contributed by atoms with E-state index in [2.05, 4.69) is 10.6 Å². The lowest BCUT2D eigenvalue weighted by Crippen LogP contribution is -2.52. The molecule has 0 saturated carbocycles. The van der Waals surface area contributed by atoms with Crippen LogP contribution in [0.5, 0.6) is 0 Å². The maximum atomic E-state index is 11.2. The predicted octanol–water partition coefficient (Wildman–Crippen LogP) is -0.464. The van der Waals surface area contributed by atoms with Crippen LogP contribution in [0.25, 0.3) is 0 Å². The van der Waals surface area contributed by atoms with Gasteiger partial charge in [0.1, 0.15) is 6.04 Å². The van der Waals surface area contributed by atoms with E-state index < -0.39 is 0 Å². The predicted molar refractivity (Wildman–Crippen MR) is 48.3 cm³/mol. The summed E-state index contributed by atoms with van der Waals surface area (Å²) in [5, 5.41) is 5.35. The molecule has 0 aromatic carbocycles. The molecule has 13 heavy (non-hydrogen) atoms. The van der Waals surface area contributed by atoms with E-state index in [0.717, 1.165) is 12.8 Å². The zero-order chi connectivity index (χ0) is 9.84. The molecule has 0 aromatic heterocycles. The van der Waals surface area contributed by atoms with E-state index in [1.54, 1.807) is 14.1 Å². The summed E-state index contributed by atoms with van der Waals surface area (Å²) in [6.45, 7) is 0.715. The largest absolute Gasteiger partial charge is 0.354 e. The minimum Gasteiger partial charge on any atom is -0.354 e. The maximum absolute atomic E-state index is 11.2. The Bertz CT molecular complexity index is 215. The lowest BCUT2D eigenvalue weighted by Gasteiger charge is -2.24. The van der Waals surface area contributed by atoms with E-state index in [-0.39, 0.29) is 18.0 Å². The zero-order valence-electron chi connectivity index (χ0n) is 7.96. The smallest absolute Gasteiger partial charge is 0.317 e. The van der Waals surface area contributed by atoms with Crippen molar-refractivity contribution in [3.63, 3.8) is 0 Å². The Morgan fingerprint density at radius 1 is 1.62 bits per heavy atom. The van der Waals surface area contributed by atoms with E-state index in [1.807, 2.05) is 0 Å². The summed E-state index contributed by atoms with van der Waals surface area (Å²) in [5.41, 5.74) is 0.